The molecule has 3 heterocycles. The second kappa shape index (κ2) is 9.22. The van der Waals surface area contributed by atoms with Crippen molar-refractivity contribution < 1.29 is 13.9 Å². The Kier molecular flexibility index (Phi) is 6.23. The monoisotopic (exact) mass is 440 g/mol. The van der Waals surface area contributed by atoms with Gasteiger partial charge >= 0.3 is 6.09 Å². The van der Waals surface area contributed by atoms with Crippen molar-refractivity contribution in [2.75, 3.05) is 35.8 Å². The van der Waals surface area contributed by atoms with Crippen LogP contribution in [0.1, 0.15) is 11.3 Å². The minimum atomic E-state index is -0.509. The number of nitrogens with one attached hydrogen (secondary N) is 1. The number of aliphatic imine (C=N–C) groups is 1. The van der Waals surface area contributed by atoms with Crippen LogP contribution in [0.3, 0.4) is 0 Å². The number of rotatable bonds is 4. The molecule has 1 N–H and O–H groups in total. The summed E-state index contributed by atoms with van der Waals surface area (Å²) in [5.74, 6) is -0.469. The van der Waals surface area contributed by atoms with Crippen LogP contribution in [0.5, 0.6) is 0 Å². The number of nitriles is 1. The molecule has 1 aromatic heterocycles. The van der Waals surface area contributed by atoms with Gasteiger partial charge < -0.3 is 9.64 Å². The fourth-order valence-corrected chi connectivity index (χ4v) is 4.03. The third kappa shape index (κ3) is 4.56. The summed E-state index contributed by atoms with van der Waals surface area (Å²) in [7, 11) is 0. The molecule has 2 aliphatic heterocycles. The van der Waals surface area contributed by atoms with Gasteiger partial charge in [-0.05, 0) is 36.1 Å². The van der Waals surface area contributed by atoms with Gasteiger partial charge in [0.2, 0.25) is 0 Å². The van der Waals surface area contributed by atoms with Crippen LogP contribution < -0.4 is 15.1 Å². The largest absolute Gasteiger partial charge is 0.449 e. The molecule has 10 heteroatoms. The number of aromatic nitrogens is 1. The summed E-state index contributed by atoms with van der Waals surface area (Å²) in [6.45, 7) is 2.11. The third-order valence-corrected chi connectivity index (χ3v) is 5.84. The number of anilines is 2. The van der Waals surface area contributed by atoms with Crippen LogP contribution in [0.2, 0.25) is 0 Å². The van der Waals surface area contributed by atoms with Gasteiger partial charge in [-0.1, -0.05) is 17.8 Å². The highest BCUT2D eigenvalue weighted by Gasteiger charge is 2.30. The molecule has 1 fully saturated rings. The van der Waals surface area contributed by atoms with E-state index in [1.54, 1.807) is 18.3 Å². The van der Waals surface area contributed by atoms with Crippen LogP contribution in [0.4, 0.5) is 20.6 Å². The molecule has 31 heavy (non-hydrogen) atoms. The molecule has 4 rings (SSSR count). The number of fused-ring (bicyclic) bond motifs is 1. The van der Waals surface area contributed by atoms with E-state index in [2.05, 4.69) is 15.3 Å². The molecule has 0 saturated carbocycles. The van der Waals surface area contributed by atoms with E-state index in [0.29, 0.717) is 42.7 Å². The number of benzene rings is 1. The number of amidine groups is 1. The first-order valence-corrected chi connectivity index (χ1v) is 11.0. The van der Waals surface area contributed by atoms with Crippen LogP contribution >= 0.6 is 11.8 Å². The fourth-order valence-electron chi connectivity index (χ4n) is 3.68. The van der Waals surface area contributed by atoms with Crippen molar-refractivity contribution in [2.45, 2.75) is 13.1 Å². The number of carbonyl (C=O) groups is 1. The van der Waals surface area contributed by atoms with Crippen molar-refractivity contribution >= 4 is 34.4 Å². The molecule has 0 aliphatic carbocycles. The summed E-state index contributed by atoms with van der Waals surface area (Å²) < 4.78 is 20.3. The molecule has 1 aromatic carbocycles. The van der Waals surface area contributed by atoms with E-state index in [-0.39, 0.29) is 12.5 Å². The molecule has 2 aliphatic rings. The summed E-state index contributed by atoms with van der Waals surface area (Å²) >= 11 is 1.33. The Morgan fingerprint density at radius 2 is 2.32 bits per heavy atom. The number of amides is 1. The SMILES string of the molecule is CSC(=NCC1COC(=O)N(c2ccc(N3Cc4cccnc4C3)c(F)c2)C1)NC#N. The van der Waals surface area contributed by atoms with E-state index in [4.69, 9.17) is 10.00 Å². The maximum Gasteiger partial charge on any atom is 0.414 e. The number of hydrogen-bond acceptors (Lipinski definition) is 7. The number of pyridine rings is 1. The smallest absolute Gasteiger partial charge is 0.414 e. The standard InChI is InChI=1S/C21H21FN6O2S/c1-31-20(26-13-23)25-8-14-9-28(21(29)30-12-14)16-4-5-19(17(22)7-16)27-10-15-3-2-6-24-18(15)11-27/h2-7,14H,8-12H2,1H3,(H,25,26). The number of carbonyl (C=O) groups excluding carboxylic acids is 1. The number of ether oxygens (including phenoxy) is 1. The quantitative estimate of drug-likeness (QED) is 0.338. The minimum absolute atomic E-state index is 0.0674. The van der Waals surface area contributed by atoms with E-state index in [1.165, 1.54) is 22.7 Å². The fraction of sp³-hybridized carbons (Fsp3) is 0.333. The summed E-state index contributed by atoms with van der Waals surface area (Å²) in [4.78, 5) is 24.4. The van der Waals surface area contributed by atoms with Gasteiger partial charge in [0.25, 0.3) is 0 Å². The third-order valence-electron chi connectivity index (χ3n) is 5.22. The van der Waals surface area contributed by atoms with E-state index >= 15 is 0 Å². The Balaban J connectivity index is 1.47. The van der Waals surface area contributed by atoms with E-state index in [1.807, 2.05) is 29.5 Å². The number of halogens is 1. The highest BCUT2D eigenvalue weighted by molar-refractivity contribution is 8.13. The van der Waals surface area contributed by atoms with Crippen molar-refractivity contribution in [1.29, 1.82) is 5.26 Å². The van der Waals surface area contributed by atoms with E-state index in [9.17, 15) is 9.18 Å². The molecule has 0 radical (unpaired) electrons. The van der Waals surface area contributed by atoms with Crippen molar-refractivity contribution in [1.82, 2.24) is 10.3 Å². The highest BCUT2D eigenvalue weighted by atomic mass is 32.2. The molecule has 8 nitrogen and oxygen atoms in total. The first kappa shape index (κ1) is 20.9. The molecular weight excluding hydrogens is 419 g/mol. The van der Waals surface area contributed by atoms with Gasteiger partial charge in [-0.15, -0.1) is 0 Å². The lowest BCUT2D eigenvalue weighted by Gasteiger charge is -2.32. The predicted octanol–water partition coefficient (Wildman–Crippen LogP) is 3.10. The molecule has 1 amide bonds. The van der Waals surface area contributed by atoms with Crippen LogP contribution in [0.25, 0.3) is 0 Å². The molecule has 1 atom stereocenters. The van der Waals surface area contributed by atoms with Gasteiger partial charge in [-0.25, -0.2) is 9.18 Å². The average Bonchev–Trinajstić information content (AvgIpc) is 3.21. The van der Waals surface area contributed by atoms with E-state index < -0.39 is 11.9 Å². The Morgan fingerprint density at radius 1 is 1.45 bits per heavy atom. The second-order valence-corrected chi connectivity index (χ2v) is 8.04. The minimum Gasteiger partial charge on any atom is -0.449 e. The summed E-state index contributed by atoms with van der Waals surface area (Å²) in [5.41, 5.74) is 2.95. The van der Waals surface area contributed by atoms with Gasteiger partial charge in [-0.2, -0.15) is 5.26 Å². The number of hydrogen-bond donors (Lipinski definition) is 1. The summed E-state index contributed by atoms with van der Waals surface area (Å²) in [5, 5.41) is 11.7. The number of thioether (sulfide) groups is 1. The number of cyclic esters (lactones) is 1. The van der Waals surface area contributed by atoms with Gasteiger partial charge in [0.1, 0.15) is 5.82 Å². The Morgan fingerprint density at radius 3 is 3.06 bits per heavy atom. The zero-order valence-corrected chi connectivity index (χ0v) is 17.7. The molecule has 2 aromatic rings. The van der Waals surface area contributed by atoms with Gasteiger partial charge in [0.15, 0.2) is 11.4 Å². The Bertz CT molecular complexity index is 1030. The van der Waals surface area contributed by atoms with Crippen LogP contribution in [-0.4, -0.2) is 42.2 Å². The van der Waals surface area contributed by atoms with Crippen LogP contribution in [0.15, 0.2) is 41.5 Å². The Hall–Kier alpha value is -3.32. The van der Waals surface area contributed by atoms with Crippen molar-refractivity contribution in [3.8, 4) is 6.19 Å². The van der Waals surface area contributed by atoms with E-state index in [0.717, 1.165) is 11.3 Å². The van der Waals surface area contributed by atoms with Gasteiger partial charge in [0.05, 0.1) is 30.2 Å². The molecule has 0 spiro atoms. The molecule has 160 valence electrons. The first-order chi connectivity index (χ1) is 15.1. The maximum absolute atomic E-state index is 15.0. The van der Waals surface area contributed by atoms with Gasteiger partial charge in [-0.3, -0.25) is 20.2 Å². The summed E-state index contributed by atoms with van der Waals surface area (Å²) in [6.07, 6.45) is 4.89. The second-order valence-electron chi connectivity index (χ2n) is 7.24. The zero-order chi connectivity index (χ0) is 21.8. The zero-order valence-electron chi connectivity index (χ0n) is 16.9. The lowest BCUT2D eigenvalue weighted by atomic mass is 10.1. The van der Waals surface area contributed by atoms with Crippen LogP contribution in [0, 0.1) is 23.2 Å². The average molecular weight is 441 g/mol. The normalized spacial score (nSPS) is 18.4. The summed E-state index contributed by atoms with van der Waals surface area (Å²) in [6, 6.07) is 8.65. The highest BCUT2D eigenvalue weighted by Crippen LogP contribution is 2.32. The van der Waals surface area contributed by atoms with Crippen molar-refractivity contribution in [3.05, 3.63) is 53.6 Å². The topological polar surface area (TPSA) is 93.8 Å². The Labute approximate surface area is 183 Å². The van der Waals surface area contributed by atoms with Crippen LogP contribution in [-0.2, 0) is 17.8 Å². The molecule has 1 unspecified atom stereocenters. The first-order valence-electron chi connectivity index (χ1n) is 9.74. The molecule has 0 bridgehead atoms. The lowest BCUT2D eigenvalue weighted by Crippen LogP contribution is -2.44. The number of nitrogens with zero attached hydrogens (tertiary/aromatic N) is 5. The van der Waals surface area contributed by atoms with Crippen molar-refractivity contribution in [2.24, 2.45) is 10.9 Å². The molecular formula is C21H21FN6O2S. The molecule has 1 saturated heterocycles. The van der Waals surface area contributed by atoms with Gasteiger partial charge in [0, 0.05) is 31.7 Å². The lowest BCUT2D eigenvalue weighted by molar-refractivity contribution is 0.117. The predicted molar refractivity (Wildman–Crippen MR) is 117 cm³/mol. The van der Waals surface area contributed by atoms with Crippen molar-refractivity contribution in [3.63, 3.8) is 0 Å². The maximum atomic E-state index is 15.0.